The van der Waals surface area contributed by atoms with E-state index in [1.165, 1.54) is 5.57 Å². The fourth-order valence-electron chi connectivity index (χ4n) is 0.956. The molecule has 0 bridgehead atoms. The molecular formula is C11H14. The van der Waals surface area contributed by atoms with E-state index in [1.807, 2.05) is 18.2 Å². The van der Waals surface area contributed by atoms with Gasteiger partial charge in [-0.05, 0) is 23.1 Å². The maximum atomic E-state index is 3.04. The van der Waals surface area contributed by atoms with Crippen LogP contribution in [0.3, 0.4) is 0 Å². The van der Waals surface area contributed by atoms with Crippen molar-refractivity contribution in [2.45, 2.75) is 20.8 Å². The Hall–Kier alpha value is -1.00. The Kier molecular flexibility index (Phi) is 2.16. The van der Waals surface area contributed by atoms with Crippen molar-refractivity contribution in [1.29, 1.82) is 0 Å². The topological polar surface area (TPSA) is 0 Å². The summed E-state index contributed by atoms with van der Waals surface area (Å²) in [5.74, 6) is 0. The molecule has 0 atom stereocenters. The molecule has 0 unspecified atom stereocenters. The number of hydrogen-bond donors (Lipinski definition) is 0. The van der Waals surface area contributed by atoms with E-state index in [-0.39, 0.29) is 5.41 Å². The first-order chi connectivity index (χ1) is 5.11. The van der Waals surface area contributed by atoms with E-state index < -0.39 is 0 Å². The Labute approximate surface area is 68.6 Å². The third kappa shape index (κ3) is 2.25. The van der Waals surface area contributed by atoms with E-state index in [0.717, 1.165) is 0 Å². The molecule has 0 heteroatoms. The van der Waals surface area contributed by atoms with Crippen molar-refractivity contribution in [2.24, 2.45) is 5.41 Å². The molecule has 11 heavy (non-hydrogen) atoms. The summed E-state index contributed by atoms with van der Waals surface area (Å²) in [5.41, 5.74) is 4.63. The minimum Gasteiger partial charge on any atom is -0.121 e. The van der Waals surface area contributed by atoms with Gasteiger partial charge in [0.25, 0.3) is 0 Å². The highest BCUT2D eigenvalue weighted by Gasteiger charge is 2.13. The zero-order valence-electron chi connectivity index (χ0n) is 7.39. The summed E-state index contributed by atoms with van der Waals surface area (Å²) in [4.78, 5) is 0. The van der Waals surface area contributed by atoms with Crippen molar-refractivity contribution in [1.82, 2.24) is 0 Å². The molecule has 0 aromatic carbocycles. The highest BCUT2D eigenvalue weighted by molar-refractivity contribution is 5.32. The van der Waals surface area contributed by atoms with Crippen molar-refractivity contribution in [3.05, 3.63) is 41.7 Å². The first-order valence-electron chi connectivity index (χ1n) is 3.90. The maximum absolute atomic E-state index is 3.04. The lowest BCUT2D eigenvalue weighted by atomic mass is 9.86. The fourth-order valence-corrected chi connectivity index (χ4v) is 0.956. The van der Waals surface area contributed by atoms with Gasteiger partial charge in [-0.25, -0.2) is 0 Å². The van der Waals surface area contributed by atoms with Crippen molar-refractivity contribution in [2.75, 3.05) is 0 Å². The summed E-state index contributed by atoms with van der Waals surface area (Å²) in [6.07, 6.45) is 10.2. The Bertz CT molecular complexity index is 250. The highest BCUT2D eigenvalue weighted by atomic mass is 14.2. The zero-order valence-corrected chi connectivity index (χ0v) is 7.39. The van der Waals surface area contributed by atoms with Crippen LogP contribution in [-0.2, 0) is 0 Å². The predicted octanol–water partition coefficient (Wildman–Crippen LogP) is 3.24. The van der Waals surface area contributed by atoms with Gasteiger partial charge in [-0.3, -0.25) is 0 Å². The van der Waals surface area contributed by atoms with Crippen LogP contribution >= 0.6 is 0 Å². The third-order valence-corrected chi connectivity index (χ3v) is 1.69. The van der Waals surface area contributed by atoms with Crippen LogP contribution in [0.15, 0.2) is 41.7 Å². The smallest absolute Gasteiger partial charge is 0.0132 e. The highest BCUT2D eigenvalue weighted by Crippen LogP contribution is 2.26. The first-order valence-corrected chi connectivity index (χ1v) is 3.90. The van der Waals surface area contributed by atoms with Crippen molar-refractivity contribution in [3.63, 3.8) is 0 Å². The Morgan fingerprint density at radius 1 is 1.18 bits per heavy atom. The molecule has 0 saturated carbocycles. The molecule has 0 saturated heterocycles. The van der Waals surface area contributed by atoms with Crippen LogP contribution in [0.5, 0.6) is 0 Å². The summed E-state index contributed by atoms with van der Waals surface area (Å²) in [6.45, 7) is 6.63. The molecule has 0 aromatic rings. The Morgan fingerprint density at radius 3 is 2.55 bits per heavy atom. The molecule has 0 heterocycles. The van der Waals surface area contributed by atoms with Gasteiger partial charge in [0.2, 0.25) is 0 Å². The average Bonchev–Trinajstić information content (AvgIpc) is 2.10. The molecule has 58 valence electrons. The molecule has 0 spiro atoms. The minimum atomic E-state index is 0.243. The molecule has 0 fully saturated rings. The van der Waals surface area contributed by atoms with Gasteiger partial charge in [0.05, 0.1) is 0 Å². The second kappa shape index (κ2) is 2.94. The first kappa shape index (κ1) is 8.10. The molecular weight excluding hydrogens is 132 g/mol. The van der Waals surface area contributed by atoms with Crippen LogP contribution < -0.4 is 0 Å². The summed E-state index contributed by atoms with van der Waals surface area (Å²) in [6, 6.07) is 0. The third-order valence-electron chi connectivity index (χ3n) is 1.69. The SMILES string of the molecule is CC(C)(C)C1=CC=C=CC=C1. The van der Waals surface area contributed by atoms with E-state index in [0.29, 0.717) is 0 Å². The molecule has 0 radical (unpaired) electrons. The Morgan fingerprint density at radius 2 is 1.91 bits per heavy atom. The lowest BCUT2D eigenvalue weighted by Crippen LogP contribution is -2.06. The summed E-state index contributed by atoms with van der Waals surface area (Å²) in [5, 5.41) is 0. The van der Waals surface area contributed by atoms with Crippen LogP contribution in [0.25, 0.3) is 0 Å². The molecule has 0 aliphatic heterocycles. The van der Waals surface area contributed by atoms with Gasteiger partial charge < -0.3 is 0 Å². The summed E-state index contributed by atoms with van der Waals surface area (Å²) in [7, 11) is 0. The Balaban J connectivity index is 2.93. The van der Waals surface area contributed by atoms with Gasteiger partial charge >= 0.3 is 0 Å². The maximum Gasteiger partial charge on any atom is -0.0132 e. The molecule has 0 amide bonds. The van der Waals surface area contributed by atoms with E-state index in [9.17, 15) is 0 Å². The lowest BCUT2D eigenvalue weighted by Gasteiger charge is -2.19. The van der Waals surface area contributed by atoms with Gasteiger partial charge in [-0.15, -0.1) is 5.73 Å². The van der Waals surface area contributed by atoms with Crippen LogP contribution in [0.2, 0.25) is 0 Å². The van der Waals surface area contributed by atoms with E-state index in [1.54, 1.807) is 0 Å². The van der Waals surface area contributed by atoms with Crippen LogP contribution in [0.4, 0.5) is 0 Å². The monoisotopic (exact) mass is 146 g/mol. The lowest BCUT2D eigenvalue weighted by molar-refractivity contribution is 0.517. The van der Waals surface area contributed by atoms with Gasteiger partial charge in [-0.1, -0.05) is 39.0 Å². The molecule has 0 nitrogen and oxygen atoms in total. The second-order valence-corrected chi connectivity index (χ2v) is 3.73. The molecule has 1 rings (SSSR count). The zero-order chi connectivity index (χ0) is 8.32. The van der Waals surface area contributed by atoms with Gasteiger partial charge in [0, 0.05) is 0 Å². The molecule has 1 aliphatic rings. The van der Waals surface area contributed by atoms with Gasteiger partial charge in [0.1, 0.15) is 0 Å². The average molecular weight is 146 g/mol. The standard InChI is InChI=1S/C11H14/c1-11(2,3)10-8-6-4-5-7-9-10/h4,6-9H,1-3H3. The predicted molar refractivity (Wildman–Crippen MR) is 49.3 cm³/mol. The number of rotatable bonds is 0. The second-order valence-electron chi connectivity index (χ2n) is 3.73. The van der Waals surface area contributed by atoms with Crippen LogP contribution in [-0.4, -0.2) is 0 Å². The van der Waals surface area contributed by atoms with E-state index in [2.05, 4.69) is 38.7 Å². The molecule has 1 aliphatic carbocycles. The van der Waals surface area contributed by atoms with Crippen LogP contribution in [0, 0.1) is 5.41 Å². The van der Waals surface area contributed by atoms with Crippen molar-refractivity contribution < 1.29 is 0 Å². The molecule has 0 aromatic heterocycles. The summed E-state index contributed by atoms with van der Waals surface area (Å²) >= 11 is 0. The van der Waals surface area contributed by atoms with E-state index in [4.69, 9.17) is 0 Å². The number of allylic oxidation sites excluding steroid dienone is 5. The van der Waals surface area contributed by atoms with E-state index >= 15 is 0 Å². The van der Waals surface area contributed by atoms with Gasteiger partial charge in [-0.2, -0.15) is 0 Å². The van der Waals surface area contributed by atoms with Gasteiger partial charge in [0.15, 0.2) is 0 Å². The van der Waals surface area contributed by atoms with Crippen LogP contribution in [0.1, 0.15) is 20.8 Å². The fraction of sp³-hybridized carbons (Fsp3) is 0.364. The van der Waals surface area contributed by atoms with Crippen molar-refractivity contribution >= 4 is 0 Å². The number of hydrogen-bond acceptors (Lipinski definition) is 0. The summed E-state index contributed by atoms with van der Waals surface area (Å²) < 4.78 is 0. The largest absolute Gasteiger partial charge is 0.121 e. The quantitative estimate of drug-likeness (QED) is 0.460. The minimum absolute atomic E-state index is 0.243. The molecule has 0 N–H and O–H groups in total. The van der Waals surface area contributed by atoms with Crippen molar-refractivity contribution in [3.8, 4) is 0 Å². The normalized spacial score (nSPS) is 16.5.